The first-order chi connectivity index (χ1) is 14.6. The third-order valence-electron chi connectivity index (χ3n) is 6.77. The second-order valence-electron chi connectivity index (χ2n) is 9.89. The van der Waals surface area contributed by atoms with E-state index in [9.17, 15) is 13.2 Å². The van der Waals surface area contributed by atoms with Gasteiger partial charge in [0.25, 0.3) is 0 Å². The van der Waals surface area contributed by atoms with E-state index in [0.29, 0.717) is 6.04 Å². The predicted molar refractivity (Wildman–Crippen MR) is 119 cm³/mol. The monoisotopic (exact) mass is 438 g/mol. The van der Waals surface area contributed by atoms with Gasteiger partial charge in [-0.1, -0.05) is 37.6 Å². The molecule has 2 aliphatic heterocycles. The number of piperidine rings is 1. The Bertz CT molecular complexity index is 724. The van der Waals surface area contributed by atoms with Gasteiger partial charge in [0.2, 0.25) is 0 Å². The van der Waals surface area contributed by atoms with Crippen molar-refractivity contribution in [2.45, 2.75) is 70.6 Å². The molecule has 6 heteroatoms. The van der Waals surface area contributed by atoms with E-state index in [-0.39, 0.29) is 11.5 Å². The molecule has 0 bridgehead atoms. The van der Waals surface area contributed by atoms with Gasteiger partial charge < -0.3 is 4.74 Å². The lowest BCUT2D eigenvalue weighted by atomic mass is 9.78. The smallest absolute Gasteiger partial charge is 0.379 e. The summed E-state index contributed by atoms with van der Waals surface area (Å²) in [4.78, 5) is 5.14. The molecule has 0 amide bonds. The van der Waals surface area contributed by atoms with Crippen molar-refractivity contribution in [2.24, 2.45) is 0 Å². The van der Waals surface area contributed by atoms with Crippen molar-refractivity contribution in [3.05, 3.63) is 47.0 Å². The van der Waals surface area contributed by atoms with Crippen LogP contribution in [0.4, 0.5) is 13.2 Å². The van der Waals surface area contributed by atoms with E-state index >= 15 is 0 Å². The Morgan fingerprint density at radius 1 is 1.00 bits per heavy atom. The van der Waals surface area contributed by atoms with Gasteiger partial charge in [-0.2, -0.15) is 13.2 Å². The number of allylic oxidation sites excluding steroid dienone is 1. The summed E-state index contributed by atoms with van der Waals surface area (Å²) >= 11 is 0. The van der Waals surface area contributed by atoms with Gasteiger partial charge in [0.1, 0.15) is 0 Å². The van der Waals surface area contributed by atoms with Crippen LogP contribution < -0.4 is 0 Å². The predicted octanol–water partition coefficient (Wildman–Crippen LogP) is 5.50. The van der Waals surface area contributed by atoms with Gasteiger partial charge in [-0.3, -0.25) is 9.80 Å². The third kappa shape index (κ3) is 6.56. The Morgan fingerprint density at radius 2 is 1.55 bits per heavy atom. The number of benzene rings is 1. The van der Waals surface area contributed by atoms with E-state index in [0.717, 1.165) is 64.2 Å². The molecule has 0 radical (unpaired) electrons. The fraction of sp³-hybridized carbons (Fsp3) is 0.680. The van der Waals surface area contributed by atoms with Crippen LogP contribution in [0.2, 0.25) is 0 Å². The van der Waals surface area contributed by atoms with Crippen LogP contribution >= 0.6 is 0 Å². The van der Waals surface area contributed by atoms with Gasteiger partial charge >= 0.3 is 6.18 Å². The average molecular weight is 439 g/mol. The number of morpholine rings is 1. The molecule has 1 aromatic carbocycles. The Kier molecular flexibility index (Phi) is 7.87. The Morgan fingerprint density at radius 3 is 2.06 bits per heavy atom. The number of hydrogen-bond donors (Lipinski definition) is 0. The fourth-order valence-electron chi connectivity index (χ4n) is 4.95. The summed E-state index contributed by atoms with van der Waals surface area (Å²) in [6.45, 7) is 14.4. The van der Waals surface area contributed by atoms with Crippen LogP contribution in [-0.4, -0.2) is 61.3 Å². The van der Waals surface area contributed by atoms with E-state index in [4.69, 9.17) is 4.74 Å². The second-order valence-corrected chi connectivity index (χ2v) is 9.89. The van der Waals surface area contributed by atoms with Crippen molar-refractivity contribution in [3.63, 3.8) is 0 Å². The SMILES string of the molecule is CC(C)=CC(CC(C)(C)c1ccc(C(F)(F)F)cc1)N1CCC(N2CCOCC2)CC1. The van der Waals surface area contributed by atoms with Gasteiger partial charge in [0, 0.05) is 38.3 Å². The van der Waals surface area contributed by atoms with Crippen molar-refractivity contribution in [1.82, 2.24) is 9.80 Å². The first-order valence-corrected chi connectivity index (χ1v) is 11.4. The molecule has 2 heterocycles. The highest BCUT2D eigenvalue weighted by molar-refractivity contribution is 5.30. The first kappa shape index (κ1) is 24.3. The molecule has 2 aliphatic rings. The minimum atomic E-state index is -4.29. The number of rotatable bonds is 6. The molecule has 1 atom stereocenters. The van der Waals surface area contributed by atoms with Crippen LogP contribution in [0.25, 0.3) is 0 Å². The molecule has 3 nitrogen and oxygen atoms in total. The number of ether oxygens (including phenoxy) is 1. The molecule has 2 fully saturated rings. The molecule has 0 saturated carbocycles. The quantitative estimate of drug-likeness (QED) is 0.545. The van der Waals surface area contributed by atoms with Crippen molar-refractivity contribution >= 4 is 0 Å². The van der Waals surface area contributed by atoms with Crippen molar-refractivity contribution in [1.29, 1.82) is 0 Å². The molecule has 31 heavy (non-hydrogen) atoms. The maximum Gasteiger partial charge on any atom is 0.416 e. The van der Waals surface area contributed by atoms with Crippen LogP contribution in [0, 0.1) is 0 Å². The van der Waals surface area contributed by atoms with Crippen molar-refractivity contribution < 1.29 is 17.9 Å². The van der Waals surface area contributed by atoms with Gasteiger partial charge in [0.05, 0.1) is 18.8 Å². The maximum atomic E-state index is 13.0. The van der Waals surface area contributed by atoms with E-state index in [1.54, 1.807) is 12.1 Å². The molecule has 174 valence electrons. The third-order valence-corrected chi connectivity index (χ3v) is 6.77. The van der Waals surface area contributed by atoms with Crippen LogP contribution in [-0.2, 0) is 16.3 Å². The zero-order valence-electron chi connectivity index (χ0n) is 19.3. The molecular weight excluding hydrogens is 401 g/mol. The summed E-state index contributed by atoms with van der Waals surface area (Å²) in [6, 6.07) is 6.63. The van der Waals surface area contributed by atoms with Gasteiger partial charge in [-0.25, -0.2) is 0 Å². The summed E-state index contributed by atoms with van der Waals surface area (Å²) in [5, 5.41) is 0. The molecule has 2 saturated heterocycles. The van der Waals surface area contributed by atoms with Crippen LogP contribution in [0.1, 0.15) is 58.1 Å². The lowest BCUT2D eigenvalue weighted by Crippen LogP contribution is -2.51. The lowest BCUT2D eigenvalue weighted by Gasteiger charge is -2.43. The maximum absolute atomic E-state index is 13.0. The van der Waals surface area contributed by atoms with Crippen molar-refractivity contribution in [3.8, 4) is 0 Å². The summed E-state index contributed by atoms with van der Waals surface area (Å²) < 4.78 is 44.4. The van der Waals surface area contributed by atoms with Crippen molar-refractivity contribution in [2.75, 3.05) is 39.4 Å². The van der Waals surface area contributed by atoms with Crippen LogP contribution in [0.5, 0.6) is 0 Å². The summed E-state index contributed by atoms with van der Waals surface area (Å²) in [7, 11) is 0. The molecule has 0 aromatic heterocycles. The molecule has 1 unspecified atom stereocenters. The zero-order chi connectivity index (χ0) is 22.6. The Balaban J connectivity index is 1.67. The topological polar surface area (TPSA) is 15.7 Å². The largest absolute Gasteiger partial charge is 0.416 e. The molecule has 3 rings (SSSR count). The van der Waals surface area contributed by atoms with Gasteiger partial charge in [-0.15, -0.1) is 0 Å². The zero-order valence-corrected chi connectivity index (χ0v) is 19.3. The van der Waals surface area contributed by atoms with E-state index in [2.05, 4.69) is 43.6 Å². The Labute approximate surface area is 185 Å². The highest BCUT2D eigenvalue weighted by Gasteiger charge is 2.34. The number of alkyl halides is 3. The summed E-state index contributed by atoms with van der Waals surface area (Å²) in [6.07, 6.45) is 1.24. The molecular formula is C25H37F3N2O. The van der Waals surface area contributed by atoms with Crippen LogP contribution in [0.15, 0.2) is 35.9 Å². The number of halogens is 3. The van der Waals surface area contributed by atoms with E-state index < -0.39 is 11.7 Å². The van der Waals surface area contributed by atoms with E-state index in [1.165, 1.54) is 17.7 Å². The summed E-state index contributed by atoms with van der Waals surface area (Å²) in [5.74, 6) is 0. The minimum absolute atomic E-state index is 0.220. The highest BCUT2D eigenvalue weighted by Crippen LogP contribution is 2.35. The average Bonchev–Trinajstić information content (AvgIpc) is 2.73. The number of hydrogen-bond acceptors (Lipinski definition) is 3. The first-order valence-electron chi connectivity index (χ1n) is 11.4. The van der Waals surface area contributed by atoms with Crippen LogP contribution in [0.3, 0.4) is 0 Å². The normalized spacial score (nSPS) is 21.1. The second kappa shape index (κ2) is 10.1. The van der Waals surface area contributed by atoms with Gasteiger partial charge in [0.15, 0.2) is 0 Å². The minimum Gasteiger partial charge on any atom is -0.379 e. The fourth-order valence-corrected chi connectivity index (χ4v) is 4.95. The highest BCUT2D eigenvalue weighted by atomic mass is 19.4. The molecule has 0 N–H and O–H groups in total. The molecule has 1 aromatic rings. The molecule has 0 spiro atoms. The lowest BCUT2D eigenvalue weighted by molar-refractivity contribution is -0.137. The molecule has 0 aliphatic carbocycles. The number of nitrogens with zero attached hydrogens (tertiary/aromatic N) is 2. The Hall–Kier alpha value is -1.37. The standard InChI is InChI=1S/C25H37F3N2O/c1-19(2)17-23(29-11-9-22(10-12-29)30-13-15-31-16-14-30)18-24(3,4)20-5-7-21(8-6-20)25(26,27)28/h5-8,17,22-23H,9-16,18H2,1-4H3. The number of likely N-dealkylation sites (tertiary alicyclic amines) is 1. The summed E-state index contributed by atoms with van der Waals surface area (Å²) in [5.41, 5.74) is 1.43. The van der Waals surface area contributed by atoms with Gasteiger partial charge in [-0.05, 0) is 56.2 Å². The van der Waals surface area contributed by atoms with E-state index in [1.807, 2.05) is 0 Å².